The largest absolute Gasteiger partial charge is 0.477 e. The van der Waals surface area contributed by atoms with E-state index in [9.17, 15) is 19.5 Å². The number of carbonyl (C=O) groups is 3. The van der Waals surface area contributed by atoms with Crippen LogP contribution in [0.25, 0.3) is 0 Å². The monoisotopic (exact) mass is 1030 g/mol. The van der Waals surface area contributed by atoms with Crippen LogP contribution in [0, 0.1) is 0 Å². The summed E-state index contributed by atoms with van der Waals surface area (Å²) in [6.45, 7) is 4.72. The first kappa shape index (κ1) is 70.0. The lowest BCUT2D eigenvalue weighted by Gasteiger charge is -2.25. The highest BCUT2D eigenvalue weighted by Gasteiger charge is 2.25. The Hall–Kier alpha value is -4.05. The van der Waals surface area contributed by atoms with Gasteiger partial charge in [0.25, 0.3) is 6.29 Å². The molecule has 0 aliphatic rings. The smallest absolute Gasteiger partial charge is 0.361 e. The molecule has 0 fully saturated rings. The number of quaternary nitrogens is 1. The van der Waals surface area contributed by atoms with Crippen molar-refractivity contribution in [1.29, 1.82) is 0 Å². The van der Waals surface area contributed by atoms with Gasteiger partial charge in [0.2, 0.25) is 0 Å². The summed E-state index contributed by atoms with van der Waals surface area (Å²) in [7, 11) is 5.96. The van der Waals surface area contributed by atoms with E-state index in [-0.39, 0.29) is 38.6 Å². The van der Waals surface area contributed by atoms with Crippen molar-refractivity contribution in [1.82, 2.24) is 0 Å². The molecule has 0 heterocycles. The summed E-state index contributed by atoms with van der Waals surface area (Å²) in [5.74, 6) is -2.03. The highest BCUT2D eigenvalue weighted by molar-refractivity contribution is 5.71. The third-order valence-corrected chi connectivity index (χ3v) is 12.3. The number of hydrogen-bond donors (Lipinski definition) is 1. The summed E-state index contributed by atoms with van der Waals surface area (Å²) in [4.78, 5) is 37.4. The van der Waals surface area contributed by atoms with E-state index >= 15 is 0 Å². The lowest BCUT2D eigenvalue weighted by atomic mass is 10.0. The lowest BCUT2D eigenvalue weighted by Crippen LogP contribution is -2.40. The lowest BCUT2D eigenvalue weighted by molar-refractivity contribution is -0.870. The molecule has 0 saturated carbocycles. The minimum Gasteiger partial charge on any atom is -0.477 e. The van der Waals surface area contributed by atoms with Gasteiger partial charge in [-0.15, -0.1) is 0 Å². The summed E-state index contributed by atoms with van der Waals surface area (Å²) >= 11 is 0. The quantitative estimate of drug-likeness (QED) is 0.0211. The van der Waals surface area contributed by atoms with Crippen molar-refractivity contribution in [3.05, 3.63) is 109 Å². The van der Waals surface area contributed by atoms with Crippen LogP contribution in [0.5, 0.6) is 0 Å². The Morgan fingerprint density at radius 3 is 1.15 bits per heavy atom. The van der Waals surface area contributed by atoms with E-state index in [1.54, 1.807) is 0 Å². The normalized spacial score (nSPS) is 13.6. The third-order valence-electron chi connectivity index (χ3n) is 12.3. The van der Waals surface area contributed by atoms with E-state index in [1.165, 1.54) is 77.0 Å². The van der Waals surface area contributed by atoms with Crippen LogP contribution >= 0.6 is 0 Å². The van der Waals surface area contributed by atoms with Gasteiger partial charge in [-0.1, -0.05) is 220 Å². The van der Waals surface area contributed by atoms with Crippen molar-refractivity contribution < 1.29 is 42.9 Å². The van der Waals surface area contributed by atoms with Gasteiger partial charge in [0.15, 0.2) is 6.10 Å². The summed E-state index contributed by atoms with van der Waals surface area (Å²) in [6.07, 6.45) is 73.1. The van der Waals surface area contributed by atoms with E-state index in [4.69, 9.17) is 18.9 Å². The van der Waals surface area contributed by atoms with Gasteiger partial charge in [0, 0.05) is 12.8 Å². The number of aliphatic carboxylic acids is 1. The fraction of sp³-hybridized carbons (Fsp3) is 0.677. The van der Waals surface area contributed by atoms with Crippen LogP contribution in [-0.4, -0.2) is 87.4 Å². The summed E-state index contributed by atoms with van der Waals surface area (Å²) in [6, 6.07) is 0. The van der Waals surface area contributed by atoms with Crippen molar-refractivity contribution >= 4 is 17.9 Å². The molecule has 2 atom stereocenters. The second-order valence-corrected chi connectivity index (χ2v) is 20.6. The van der Waals surface area contributed by atoms with Gasteiger partial charge in [0.1, 0.15) is 13.2 Å². The van der Waals surface area contributed by atoms with Crippen LogP contribution in [-0.2, 0) is 33.3 Å². The molecule has 0 rings (SSSR count). The minimum absolute atomic E-state index is 0.180. The van der Waals surface area contributed by atoms with Gasteiger partial charge in [0.05, 0.1) is 34.4 Å². The van der Waals surface area contributed by atoms with Gasteiger partial charge >= 0.3 is 17.9 Å². The molecule has 2 unspecified atom stereocenters. The van der Waals surface area contributed by atoms with Crippen LogP contribution in [0.2, 0.25) is 0 Å². The number of ether oxygens (including phenoxy) is 4. The Morgan fingerprint density at radius 1 is 0.419 bits per heavy atom. The SMILES string of the molecule is CC/C=C\C/C=C\C/C=C\C/C=C\C/C=C\C/C=C\C/C=C\CCCCCCCCCCCCCC(=O)OC(COC(=O)CCCCCCC/C=C\C/C=C\CCCCCC)COC(OCC[N+](C)(C)C)C(=O)O. The first-order chi connectivity index (χ1) is 36.1. The maximum Gasteiger partial charge on any atom is 0.361 e. The number of nitrogens with zero attached hydrogens (tertiary/aromatic N) is 1. The standard InChI is InChI=1S/C65H109NO8/c1-6-8-10-12-14-16-18-20-22-24-25-26-27-28-29-30-31-32-33-34-35-36-37-38-39-40-42-44-46-48-50-52-54-56-63(68)74-61(60-73-65(64(69)70)71-58-57-66(3,4)5)59-72-62(67)55-53-51-49-47-45-43-41-23-21-19-17-15-13-11-9-7-2/h8,10,14,16-17,19-20,22-23,25-26,28-29,31-32,34-35,41,61,65H,6-7,9,11-13,15,18,21,24,27,30,33,36-40,42-60H2,1-5H3/p+1/b10-8-,16-14-,19-17-,22-20-,26-25-,29-28-,32-31-,35-34-,41-23-. The van der Waals surface area contributed by atoms with E-state index in [0.717, 1.165) is 116 Å². The molecule has 9 nitrogen and oxygen atoms in total. The van der Waals surface area contributed by atoms with E-state index in [2.05, 4.69) is 123 Å². The minimum atomic E-state index is -1.52. The zero-order valence-corrected chi connectivity index (χ0v) is 48.0. The number of rotatable bonds is 53. The zero-order chi connectivity index (χ0) is 54.1. The molecular weight excluding hydrogens is 923 g/mol. The molecule has 74 heavy (non-hydrogen) atoms. The summed E-state index contributed by atoms with van der Waals surface area (Å²) in [5, 5.41) is 9.70. The van der Waals surface area contributed by atoms with Gasteiger partial charge in [-0.05, 0) is 103 Å². The van der Waals surface area contributed by atoms with Gasteiger partial charge in [-0.3, -0.25) is 9.59 Å². The van der Waals surface area contributed by atoms with Gasteiger partial charge in [-0.2, -0.15) is 0 Å². The Kier molecular flexibility index (Phi) is 52.2. The highest BCUT2D eigenvalue weighted by Crippen LogP contribution is 2.15. The van der Waals surface area contributed by atoms with Gasteiger partial charge < -0.3 is 28.5 Å². The van der Waals surface area contributed by atoms with Crippen LogP contribution in [0.1, 0.15) is 226 Å². The third kappa shape index (κ3) is 55.7. The fourth-order valence-electron chi connectivity index (χ4n) is 7.73. The van der Waals surface area contributed by atoms with Gasteiger partial charge in [-0.25, -0.2) is 4.79 Å². The van der Waals surface area contributed by atoms with E-state index in [0.29, 0.717) is 17.4 Å². The van der Waals surface area contributed by atoms with Crippen molar-refractivity contribution in [2.75, 3.05) is 47.5 Å². The Balaban J connectivity index is 4.22. The molecule has 0 aromatic carbocycles. The van der Waals surface area contributed by atoms with Crippen LogP contribution in [0.15, 0.2) is 109 Å². The predicted molar refractivity (Wildman–Crippen MR) is 313 cm³/mol. The predicted octanol–water partition coefficient (Wildman–Crippen LogP) is 17.5. The number of carboxylic acids is 1. The number of allylic oxidation sites excluding steroid dienone is 18. The Morgan fingerprint density at radius 2 is 0.770 bits per heavy atom. The number of esters is 2. The van der Waals surface area contributed by atoms with Crippen molar-refractivity contribution in [2.45, 2.75) is 238 Å². The molecule has 0 aromatic rings. The van der Waals surface area contributed by atoms with Crippen molar-refractivity contribution in [3.8, 4) is 0 Å². The average Bonchev–Trinajstić information content (AvgIpc) is 3.37. The maximum atomic E-state index is 12.9. The number of unbranched alkanes of at least 4 members (excludes halogenated alkanes) is 20. The molecule has 1 N–H and O–H groups in total. The van der Waals surface area contributed by atoms with Crippen LogP contribution < -0.4 is 0 Å². The fourth-order valence-corrected chi connectivity index (χ4v) is 7.73. The molecule has 0 aromatic heterocycles. The molecular formula is C65H110NO8+. The van der Waals surface area contributed by atoms with E-state index in [1.807, 2.05) is 21.1 Å². The van der Waals surface area contributed by atoms with Crippen molar-refractivity contribution in [3.63, 3.8) is 0 Å². The van der Waals surface area contributed by atoms with Crippen LogP contribution in [0.3, 0.4) is 0 Å². The summed E-state index contributed by atoms with van der Waals surface area (Å²) in [5.41, 5.74) is 0. The molecule has 0 bridgehead atoms. The maximum absolute atomic E-state index is 12.9. The Bertz CT molecular complexity index is 1580. The molecule has 9 heteroatoms. The number of likely N-dealkylation sites (N-methyl/N-ethyl adjacent to an activating group) is 1. The Labute approximate surface area is 454 Å². The highest BCUT2D eigenvalue weighted by atomic mass is 16.7. The van der Waals surface area contributed by atoms with E-state index < -0.39 is 24.3 Å². The second-order valence-electron chi connectivity index (χ2n) is 20.6. The second kappa shape index (κ2) is 55.2. The molecule has 0 amide bonds. The molecule has 0 aliphatic carbocycles. The zero-order valence-electron chi connectivity index (χ0n) is 48.0. The number of carbonyl (C=O) groups excluding carboxylic acids is 2. The topological polar surface area (TPSA) is 108 Å². The first-order valence-corrected chi connectivity index (χ1v) is 29.6. The van der Waals surface area contributed by atoms with Crippen molar-refractivity contribution in [2.24, 2.45) is 0 Å². The number of hydrogen-bond acceptors (Lipinski definition) is 7. The molecule has 422 valence electrons. The molecule has 0 radical (unpaired) electrons. The summed E-state index contributed by atoms with van der Waals surface area (Å²) < 4.78 is 22.8. The number of carboxylic acid groups (broad SMARTS) is 1. The first-order valence-electron chi connectivity index (χ1n) is 29.6. The average molecular weight is 1030 g/mol. The molecule has 0 spiro atoms. The molecule has 0 saturated heterocycles. The van der Waals surface area contributed by atoms with Crippen LogP contribution in [0.4, 0.5) is 0 Å². The molecule has 0 aliphatic heterocycles.